The summed E-state index contributed by atoms with van der Waals surface area (Å²) in [5.74, 6) is 1.12. The molecular formula is C7H13N3S. The summed E-state index contributed by atoms with van der Waals surface area (Å²) < 4.78 is 0. The number of aromatic nitrogens is 2. The second-order valence-electron chi connectivity index (χ2n) is 2.20. The molecule has 0 amide bonds. The number of nitrogens with one attached hydrogen (secondary N) is 2. The SMILES string of the molecule is CNCCCSc1ncc[nH]1. The lowest BCUT2D eigenvalue weighted by molar-refractivity contribution is 0.777. The van der Waals surface area contributed by atoms with E-state index in [1.807, 2.05) is 13.2 Å². The summed E-state index contributed by atoms with van der Waals surface area (Å²) in [7, 11) is 1.97. The van der Waals surface area contributed by atoms with Crippen molar-refractivity contribution in [1.29, 1.82) is 0 Å². The Labute approximate surface area is 71.0 Å². The van der Waals surface area contributed by atoms with Crippen molar-refractivity contribution in [3.63, 3.8) is 0 Å². The van der Waals surface area contributed by atoms with E-state index in [9.17, 15) is 0 Å². The van der Waals surface area contributed by atoms with E-state index in [2.05, 4.69) is 15.3 Å². The first-order valence-electron chi connectivity index (χ1n) is 3.70. The van der Waals surface area contributed by atoms with Crippen LogP contribution in [0.5, 0.6) is 0 Å². The number of thioether (sulfide) groups is 1. The molecule has 11 heavy (non-hydrogen) atoms. The minimum Gasteiger partial charge on any atom is -0.340 e. The molecule has 0 atom stereocenters. The van der Waals surface area contributed by atoms with Crippen molar-refractivity contribution < 1.29 is 0 Å². The monoisotopic (exact) mass is 171 g/mol. The van der Waals surface area contributed by atoms with Crippen LogP contribution in [0.25, 0.3) is 0 Å². The van der Waals surface area contributed by atoms with E-state index in [0.717, 1.165) is 17.5 Å². The third-order valence-corrected chi connectivity index (χ3v) is 2.27. The maximum Gasteiger partial charge on any atom is 0.165 e. The molecule has 3 nitrogen and oxygen atoms in total. The van der Waals surface area contributed by atoms with Crippen LogP contribution in [0.4, 0.5) is 0 Å². The number of H-pyrrole nitrogens is 1. The van der Waals surface area contributed by atoms with Crippen LogP contribution >= 0.6 is 11.8 Å². The molecule has 62 valence electrons. The first-order chi connectivity index (χ1) is 5.43. The van der Waals surface area contributed by atoms with Crippen LogP contribution in [0.3, 0.4) is 0 Å². The van der Waals surface area contributed by atoms with Gasteiger partial charge in [-0.2, -0.15) is 0 Å². The fourth-order valence-corrected chi connectivity index (χ4v) is 1.52. The molecule has 4 heteroatoms. The van der Waals surface area contributed by atoms with E-state index in [4.69, 9.17) is 0 Å². The average Bonchev–Trinajstić information content (AvgIpc) is 2.50. The highest BCUT2D eigenvalue weighted by atomic mass is 32.2. The zero-order valence-electron chi connectivity index (χ0n) is 6.63. The van der Waals surface area contributed by atoms with Crippen LogP contribution in [0.1, 0.15) is 6.42 Å². The van der Waals surface area contributed by atoms with Gasteiger partial charge in [0, 0.05) is 18.1 Å². The van der Waals surface area contributed by atoms with Crippen molar-refractivity contribution in [2.24, 2.45) is 0 Å². The van der Waals surface area contributed by atoms with Gasteiger partial charge in [0.2, 0.25) is 0 Å². The quantitative estimate of drug-likeness (QED) is 0.515. The van der Waals surface area contributed by atoms with Gasteiger partial charge >= 0.3 is 0 Å². The van der Waals surface area contributed by atoms with Crippen LogP contribution in [0, 0.1) is 0 Å². The molecule has 0 aliphatic rings. The molecule has 0 fully saturated rings. The Morgan fingerprint density at radius 1 is 1.73 bits per heavy atom. The van der Waals surface area contributed by atoms with Gasteiger partial charge in [0.05, 0.1) is 0 Å². The van der Waals surface area contributed by atoms with Crippen LogP contribution in [0.15, 0.2) is 17.6 Å². The van der Waals surface area contributed by atoms with Gasteiger partial charge in [-0.15, -0.1) is 0 Å². The third kappa shape index (κ3) is 3.43. The van der Waals surface area contributed by atoms with Crippen LogP contribution in [-0.4, -0.2) is 29.3 Å². The Morgan fingerprint density at radius 3 is 3.27 bits per heavy atom. The number of hydrogen-bond donors (Lipinski definition) is 2. The van der Waals surface area contributed by atoms with Crippen molar-refractivity contribution in [3.05, 3.63) is 12.4 Å². The average molecular weight is 171 g/mol. The topological polar surface area (TPSA) is 40.7 Å². The van der Waals surface area contributed by atoms with Gasteiger partial charge in [-0.3, -0.25) is 0 Å². The summed E-state index contributed by atoms with van der Waals surface area (Å²) in [4.78, 5) is 7.15. The molecule has 0 unspecified atom stereocenters. The molecular weight excluding hydrogens is 158 g/mol. The second kappa shape index (κ2) is 5.21. The molecule has 0 radical (unpaired) electrons. The molecule has 0 spiro atoms. The zero-order valence-corrected chi connectivity index (χ0v) is 7.45. The lowest BCUT2D eigenvalue weighted by Gasteiger charge is -1.96. The van der Waals surface area contributed by atoms with Gasteiger partial charge in [-0.1, -0.05) is 11.8 Å². The van der Waals surface area contributed by atoms with E-state index < -0.39 is 0 Å². The maximum absolute atomic E-state index is 4.10. The largest absolute Gasteiger partial charge is 0.340 e. The minimum atomic E-state index is 1.01. The number of nitrogens with zero attached hydrogens (tertiary/aromatic N) is 1. The zero-order chi connectivity index (χ0) is 7.94. The predicted molar refractivity (Wildman–Crippen MR) is 47.9 cm³/mol. The van der Waals surface area contributed by atoms with Crippen LogP contribution < -0.4 is 5.32 Å². The maximum atomic E-state index is 4.10. The second-order valence-corrected chi connectivity index (χ2v) is 3.28. The Bertz CT molecular complexity index is 174. The Balaban J connectivity index is 2.04. The Morgan fingerprint density at radius 2 is 2.64 bits per heavy atom. The van der Waals surface area contributed by atoms with Crippen molar-refractivity contribution in [2.45, 2.75) is 11.6 Å². The normalized spacial score (nSPS) is 10.3. The van der Waals surface area contributed by atoms with Crippen molar-refractivity contribution >= 4 is 11.8 Å². The van der Waals surface area contributed by atoms with E-state index in [0.29, 0.717) is 0 Å². The van der Waals surface area contributed by atoms with Gasteiger partial charge in [-0.05, 0) is 20.0 Å². The van der Waals surface area contributed by atoms with E-state index in [-0.39, 0.29) is 0 Å². The first kappa shape index (κ1) is 8.62. The number of imidazole rings is 1. The van der Waals surface area contributed by atoms with Gasteiger partial charge in [-0.25, -0.2) is 4.98 Å². The van der Waals surface area contributed by atoms with E-state index in [1.165, 1.54) is 6.42 Å². The van der Waals surface area contributed by atoms with E-state index >= 15 is 0 Å². The molecule has 0 aliphatic carbocycles. The molecule has 1 aromatic rings. The summed E-state index contributed by atoms with van der Waals surface area (Å²) in [6, 6.07) is 0. The summed E-state index contributed by atoms with van der Waals surface area (Å²) in [6.45, 7) is 1.08. The summed E-state index contributed by atoms with van der Waals surface area (Å²) in [5.41, 5.74) is 0. The van der Waals surface area contributed by atoms with Gasteiger partial charge in [0.25, 0.3) is 0 Å². The Kier molecular flexibility index (Phi) is 4.08. The van der Waals surface area contributed by atoms with Gasteiger partial charge < -0.3 is 10.3 Å². The molecule has 0 aliphatic heterocycles. The molecule has 1 heterocycles. The van der Waals surface area contributed by atoms with E-state index in [1.54, 1.807) is 18.0 Å². The first-order valence-corrected chi connectivity index (χ1v) is 4.69. The third-order valence-electron chi connectivity index (χ3n) is 1.28. The summed E-state index contributed by atoms with van der Waals surface area (Å²) in [6.07, 6.45) is 4.81. The standard InChI is InChI=1S/C7H13N3S/c1-8-3-2-6-11-7-9-4-5-10-7/h4-5,8H,2-3,6H2,1H3,(H,9,10). The van der Waals surface area contributed by atoms with Crippen LogP contribution in [0.2, 0.25) is 0 Å². The van der Waals surface area contributed by atoms with Gasteiger partial charge in [0.1, 0.15) is 0 Å². The van der Waals surface area contributed by atoms with Gasteiger partial charge in [0.15, 0.2) is 5.16 Å². The number of hydrogen-bond acceptors (Lipinski definition) is 3. The summed E-state index contributed by atoms with van der Waals surface area (Å²) >= 11 is 1.76. The fraction of sp³-hybridized carbons (Fsp3) is 0.571. The molecule has 0 saturated heterocycles. The highest BCUT2D eigenvalue weighted by Gasteiger charge is 1.93. The van der Waals surface area contributed by atoms with Crippen molar-refractivity contribution in [1.82, 2.24) is 15.3 Å². The summed E-state index contributed by atoms with van der Waals surface area (Å²) in [5, 5.41) is 4.12. The van der Waals surface area contributed by atoms with Crippen molar-refractivity contribution in [2.75, 3.05) is 19.3 Å². The molecule has 0 bridgehead atoms. The van der Waals surface area contributed by atoms with Crippen LogP contribution in [-0.2, 0) is 0 Å². The number of aromatic amines is 1. The smallest absolute Gasteiger partial charge is 0.165 e. The fourth-order valence-electron chi connectivity index (χ4n) is 0.748. The molecule has 1 aromatic heterocycles. The molecule has 0 saturated carbocycles. The molecule has 1 rings (SSSR count). The number of rotatable bonds is 5. The van der Waals surface area contributed by atoms with Crippen molar-refractivity contribution in [3.8, 4) is 0 Å². The lowest BCUT2D eigenvalue weighted by Crippen LogP contribution is -2.07. The highest BCUT2D eigenvalue weighted by Crippen LogP contribution is 2.11. The predicted octanol–water partition coefficient (Wildman–Crippen LogP) is 1.11. The Hall–Kier alpha value is -0.480. The molecule has 0 aromatic carbocycles. The highest BCUT2D eigenvalue weighted by molar-refractivity contribution is 7.99. The minimum absolute atomic E-state index is 1.01. The molecule has 2 N–H and O–H groups in total. The lowest BCUT2D eigenvalue weighted by atomic mass is 10.5.